The molecule has 23 heavy (non-hydrogen) atoms. The number of rotatable bonds is 3. The van der Waals surface area contributed by atoms with E-state index in [1.807, 2.05) is 6.07 Å². The van der Waals surface area contributed by atoms with Crippen molar-refractivity contribution in [3.05, 3.63) is 59.4 Å². The smallest absolute Gasteiger partial charge is 0.123 e. The van der Waals surface area contributed by atoms with Crippen LogP contribution in [-0.4, -0.2) is 13.1 Å². The van der Waals surface area contributed by atoms with E-state index in [1.54, 1.807) is 12.1 Å². The molecule has 0 amide bonds. The van der Waals surface area contributed by atoms with Crippen LogP contribution in [0.3, 0.4) is 0 Å². The lowest BCUT2D eigenvalue weighted by Gasteiger charge is -2.29. The van der Waals surface area contributed by atoms with E-state index in [2.05, 4.69) is 34.5 Å². The number of hydrogen-bond acceptors (Lipinski definition) is 2. The lowest BCUT2D eigenvalue weighted by molar-refractivity contribution is 0.578. The third kappa shape index (κ3) is 3.05. The molecule has 0 aromatic heterocycles. The standard InChI is InChI=1S/C20H23FN2/c21-16-9-7-15-8-10-20(19(15)13-16)22-17-5-4-6-18(14-17)23-11-2-1-3-12-23/h4-7,9,13-14,20,22H,1-3,8,10-12H2. The van der Waals surface area contributed by atoms with E-state index in [4.69, 9.17) is 0 Å². The van der Waals surface area contributed by atoms with E-state index < -0.39 is 0 Å². The molecule has 2 aliphatic rings. The number of benzene rings is 2. The molecular weight excluding hydrogens is 287 g/mol. The van der Waals surface area contributed by atoms with Gasteiger partial charge in [0.25, 0.3) is 0 Å². The van der Waals surface area contributed by atoms with Crippen molar-refractivity contribution in [1.29, 1.82) is 0 Å². The quantitative estimate of drug-likeness (QED) is 0.866. The second-order valence-corrected chi connectivity index (χ2v) is 6.68. The molecule has 1 heterocycles. The van der Waals surface area contributed by atoms with Gasteiger partial charge >= 0.3 is 0 Å². The summed E-state index contributed by atoms with van der Waals surface area (Å²) in [5.74, 6) is -0.139. The number of nitrogens with one attached hydrogen (secondary N) is 1. The van der Waals surface area contributed by atoms with Gasteiger partial charge in [-0.2, -0.15) is 0 Å². The van der Waals surface area contributed by atoms with E-state index in [0.717, 1.165) is 37.2 Å². The first-order valence-electron chi connectivity index (χ1n) is 8.69. The molecule has 1 saturated heterocycles. The maximum absolute atomic E-state index is 13.5. The van der Waals surface area contributed by atoms with Crippen LogP contribution < -0.4 is 10.2 Å². The summed E-state index contributed by atoms with van der Waals surface area (Å²) in [6.45, 7) is 2.31. The van der Waals surface area contributed by atoms with Crippen LogP contribution in [-0.2, 0) is 6.42 Å². The molecule has 1 aliphatic heterocycles. The van der Waals surface area contributed by atoms with Gasteiger partial charge in [-0.05, 0) is 73.6 Å². The zero-order chi connectivity index (χ0) is 15.6. The van der Waals surface area contributed by atoms with Crippen LogP contribution in [0.4, 0.5) is 15.8 Å². The Morgan fingerprint density at radius 2 is 1.87 bits per heavy atom. The molecular formula is C20H23FN2. The monoisotopic (exact) mass is 310 g/mol. The van der Waals surface area contributed by atoms with Crippen LogP contribution in [0.2, 0.25) is 0 Å². The largest absolute Gasteiger partial charge is 0.378 e. The zero-order valence-electron chi connectivity index (χ0n) is 13.4. The second kappa shape index (κ2) is 6.23. The van der Waals surface area contributed by atoms with Crippen molar-refractivity contribution >= 4 is 11.4 Å². The summed E-state index contributed by atoms with van der Waals surface area (Å²) in [7, 11) is 0. The fraction of sp³-hybridized carbons (Fsp3) is 0.400. The van der Waals surface area contributed by atoms with E-state index in [-0.39, 0.29) is 11.9 Å². The van der Waals surface area contributed by atoms with Gasteiger partial charge in [0.05, 0.1) is 6.04 Å². The maximum atomic E-state index is 13.5. The van der Waals surface area contributed by atoms with Crippen molar-refractivity contribution in [1.82, 2.24) is 0 Å². The van der Waals surface area contributed by atoms with Crippen molar-refractivity contribution in [3.8, 4) is 0 Å². The fourth-order valence-electron chi connectivity index (χ4n) is 3.87. The third-order valence-electron chi connectivity index (χ3n) is 5.09. The predicted octanol–water partition coefficient (Wildman–Crippen LogP) is 4.92. The van der Waals surface area contributed by atoms with Crippen molar-refractivity contribution < 1.29 is 4.39 Å². The SMILES string of the molecule is Fc1ccc2c(c1)C(Nc1cccc(N3CCCCC3)c1)CC2. The molecule has 3 heteroatoms. The topological polar surface area (TPSA) is 15.3 Å². The molecule has 0 bridgehead atoms. The predicted molar refractivity (Wildman–Crippen MR) is 93.6 cm³/mol. The van der Waals surface area contributed by atoms with Gasteiger partial charge in [-0.1, -0.05) is 12.1 Å². The number of hydrogen-bond donors (Lipinski definition) is 1. The van der Waals surface area contributed by atoms with Gasteiger partial charge in [-0.25, -0.2) is 4.39 Å². The molecule has 2 nitrogen and oxygen atoms in total. The summed E-state index contributed by atoms with van der Waals surface area (Å²) in [5.41, 5.74) is 4.83. The third-order valence-corrected chi connectivity index (χ3v) is 5.09. The summed E-state index contributed by atoms with van der Waals surface area (Å²) >= 11 is 0. The molecule has 1 N–H and O–H groups in total. The number of fused-ring (bicyclic) bond motifs is 1. The van der Waals surface area contributed by atoms with Crippen molar-refractivity contribution in [2.24, 2.45) is 0 Å². The molecule has 0 spiro atoms. The first-order valence-corrected chi connectivity index (χ1v) is 8.69. The van der Waals surface area contributed by atoms with Gasteiger partial charge in [-0.3, -0.25) is 0 Å². The summed E-state index contributed by atoms with van der Waals surface area (Å²) in [4.78, 5) is 2.47. The van der Waals surface area contributed by atoms with Gasteiger partial charge in [-0.15, -0.1) is 0 Å². The number of anilines is 2. The van der Waals surface area contributed by atoms with Crippen LogP contribution >= 0.6 is 0 Å². The number of aryl methyl sites for hydroxylation is 1. The highest BCUT2D eigenvalue weighted by Gasteiger charge is 2.23. The Hall–Kier alpha value is -2.03. The number of piperidine rings is 1. The maximum Gasteiger partial charge on any atom is 0.123 e. The molecule has 0 saturated carbocycles. The zero-order valence-corrected chi connectivity index (χ0v) is 13.4. The van der Waals surface area contributed by atoms with Crippen LogP contribution in [0.15, 0.2) is 42.5 Å². The van der Waals surface area contributed by atoms with Crippen LogP contribution in [0.5, 0.6) is 0 Å². The molecule has 1 unspecified atom stereocenters. The van der Waals surface area contributed by atoms with Gasteiger partial charge < -0.3 is 10.2 Å². The average molecular weight is 310 g/mol. The average Bonchev–Trinajstić information content (AvgIpc) is 2.98. The Labute approximate surface area is 137 Å². The molecule has 4 rings (SSSR count). The number of halogens is 1. The molecule has 1 fully saturated rings. The Bertz CT molecular complexity index is 692. The van der Waals surface area contributed by atoms with Gasteiger partial charge in [0, 0.05) is 24.5 Å². The molecule has 1 atom stereocenters. The van der Waals surface area contributed by atoms with Gasteiger partial charge in [0.2, 0.25) is 0 Å². The minimum Gasteiger partial charge on any atom is -0.378 e. The van der Waals surface area contributed by atoms with Gasteiger partial charge in [0.1, 0.15) is 5.82 Å². The molecule has 1 aliphatic carbocycles. The normalized spacial score (nSPS) is 20.4. The summed E-state index contributed by atoms with van der Waals surface area (Å²) in [5, 5.41) is 3.61. The van der Waals surface area contributed by atoms with Crippen LogP contribution in [0, 0.1) is 5.82 Å². The highest BCUT2D eigenvalue weighted by atomic mass is 19.1. The molecule has 0 radical (unpaired) electrons. The molecule has 2 aromatic rings. The fourth-order valence-corrected chi connectivity index (χ4v) is 3.87. The van der Waals surface area contributed by atoms with E-state index in [1.165, 1.54) is 30.5 Å². The first-order chi connectivity index (χ1) is 11.3. The highest BCUT2D eigenvalue weighted by molar-refractivity contribution is 5.59. The van der Waals surface area contributed by atoms with E-state index >= 15 is 0 Å². The Morgan fingerprint density at radius 1 is 1.00 bits per heavy atom. The van der Waals surface area contributed by atoms with Crippen molar-refractivity contribution in [2.45, 2.75) is 38.1 Å². The van der Waals surface area contributed by atoms with E-state index in [9.17, 15) is 4.39 Å². The summed E-state index contributed by atoms with van der Waals surface area (Å²) < 4.78 is 13.5. The lowest BCUT2D eigenvalue weighted by atomic mass is 10.1. The second-order valence-electron chi connectivity index (χ2n) is 6.68. The Morgan fingerprint density at radius 3 is 2.74 bits per heavy atom. The van der Waals surface area contributed by atoms with Gasteiger partial charge in [0.15, 0.2) is 0 Å². The Balaban J connectivity index is 1.53. The van der Waals surface area contributed by atoms with Crippen LogP contribution in [0.1, 0.15) is 42.9 Å². The Kier molecular flexibility index (Phi) is 3.94. The summed E-state index contributed by atoms with van der Waals surface area (Å²) in [6, 6.07) is 14.1. The van der Waals surface area contributed by atoms with Crippen molar-refractivity contribution in [2.75, 3.05) is 23.3 Å². The lowest BCUT2D eigenvalue weighted by Crippen LogP contribution is -2.29. The highest BCUT2D eigenvalue weighted by Crippen LogP contribution is 2.35. The minimum atomic E-state index is -0.139. The van der Waals surface area contributed by atoms with Crippen LogP contribution in [0.25, 0.3) is 0 Å². The minimum absolute atomic E-state index is 0.139. The number of nitrogens with zero attached hydrogens (tertiary/aromatic N) is 1. The summed E-state index contributed by atoms with van der Waals surface area (Å²) in [6.07, 6.45) is 5.98. The van der Waals surface area contributed by atoms with Crippen molar-refractivity contribution in [3.63, 3.8) is 0 Å². The molecule has 120 valence electrons. The van der Waals surface area contributed by atoms with E-state index in [0.29, 0.717) is 0 Å². The first kappa shape index (κ1) is 14.6. The molecule has 2 aromatic carbocycles.